The number of hydrogen-bond acceptors (Lipinski definition) is 2. The van der Waals surface area contributed by atoms with Gasteiger partial charge in [-0.2, -0.15) is 0 Å². The molecule has 0 saturated carbocycles. The number of piperidine rings is 1. The first-order valence-electron chi connectivity index (χ1n) is 7.67. The van der Waals surface area contributed by atoms with Gasteiger partial charge in [-0.1, -0.05) is 26.7 Å². The molecule has 116 valence electrons. The van der Waals surface area contributed by atoms with Crippen LogP contribution in [0.15, 0.2) is 18.3 Å². The number of nitrogens with zero attached hydrogens (tertiary/aromatic N) is 2. The maximum atomic E-state index is 12.3. The predicted octanol–water partition coefficient (Wildman–Crippen LogP) is 2.62. The minimum absolute atomic E-state index is 0.00880. The fourth-order valence-corrected chi connectivity index (χ4v) is 3.18. The number of aromatic nitrogens is 1. The molecule has 0 unspecified atom stereocenters. The van der Waals surface area contributed by atoms with Gasteiger partial charge in [-0.05, 0) is 30.4 Å². The average molecular weight is 292 g/mol. The van der Waals surface area contributed by atoms with Crippen molar-refractivity contribution < 1.29 is 14.7 Å². The summed E-state index contributed by atoms with van der Waals surface area (Å²) >= 11 is 0. The van der Waals surface area contributed by atoms with E-state index in [1.807, 2.05) is 4.90 Å². The summed E-state index contributed by atoms with van der Waals surface area (Å²) in [6, 6.07) is 3.18. The first-order valence-corrected chi connectivity index (χ1v) is 7.67. The van der Waals surface area contributed by atoms with Gasteiger partial charge in [0.1, 0.15) is 12.2 Å². The molecule has 2 heterocycles. The van der Waals surface area contributed by atoms with Gasteiger partial charge in [0, 0.05) is 19.3 Å². The summed E-state index contributed by atoms with van der Waals surface area (Å²) in [4.78, 5) is 25.3. The smallest absolute Gasteiger partial charge is 0.352 e. The van der Waals surface area contributed by atoms with Gasteiger partial charge in [0.2, 0.25) is 5.91 Å². The summed E-state index contributed by atoms with van der Waals surface area (Å²) in [5, 5.41) is 9.06. The first-order chi connectivity index (χ1) is 10.0. The molecule has 0 spiro atoms. The van der Waals surface area contributed by atoms with Gasteiger partial charge in [-0.3, -0.25) is 4.79 Å². The Bertz CT molecular complexity index is 507. The van der Waals surface area contributed by atoms with E-state index in [9.17, 15) is 9.59 Å². The van der Waals surface area contributed by atoms with Crippen LogP contribution in [0.4, 0.5) is 0 Å². The van der Waals surface area contributed by atoms with Crippen molar-refractivity contribution in [3.63, 3.8) is 0 Å². The van der Waals surface area contributed by atoms with Crippen molar-refractivity contribution in [1.82, 2.24) is 9.47 Å². The van der Waals surface area contributed by atoms with Gasteiger partial charge in [-0.25, -0.2) is 4.79 Å². The Hall–Kier alpha value is -1.78. The number of hydrogen-bond donors (Lipinski definition) is 1. The molecule has 1 fully saturated rings. The Labute approximate surface area is 125 Å². The van der Waals surface area contributed by atoms with Crippen LogP contribution >= 0.6 is 0 Å². The molecule has 1 saturated heterocycles. The van der Waals surface area contributed by atoms with Crippen LogP contribution in [-0.2, 0) is 11.3 Å². The van der Waals surface area contributed by atoms with Crippen molar-refractivity contribution in [2.75, 3.05) is 13.1 Å². The van der Waals surface area contributed by atoms with Gasteiger partial charge in [-0.15, -0.1) is 0 Å². The molecule has 1 amide bonds. The lowest BCUT2D eigenvalue weighted by atomic mass is 9.74. The van der Waals surface area contributed by atoms with Crippen molar-refractivity contribution in [3.8, 4) is 0 Å². The highest BCUT2D eigenvalue weighted by molar-refractivity contribution is 5.86. The predicted molar refractivity (Wildman–Crippen MR) is 80.2 cm³/mol. The summed E-state index contributed by atoms with van der Waals surface area (Å²) in [6.07, 6.45) is 6.05. The Morgan fingerprint density at radius 3 is 2.38 bits per heavy atom. The number of carboxylic acids is 1. The number of aromatic carboxylic acids is 1. The standard InChI is InChI=1S/C16H24N2O3/c1-3-16(4-2)7-10-17(11-8-16)14(19)12-18-9-5-6-13(18)15(20)21/h5-6,9H,3-4,7-8,10-12H2,1-2H3,(H,20,21). The van der Waals surface area contributed by atoms with Crippen LogP contribution in [0.2, 0.25) is 0 Å². The van der Waals surface area contributed by atoms with E-state index < -0.39 is 5.97 Å². The third-order valence-corrected chi connectivity index (χ3v) is 5.03. The summed E-state index contributed by atoms with van der Waals surface area (Å²) in [6.45, 7) is 6.12. The molecular formula is C16H24N2O3. The molecule has 2 rings (SSSR count). The molecule has 0 atom stereocenters. The number of rotatable bonds is 5. The quantitative estimate of drug-likeness (QED) is 0.907. The van der Waals surface area contributed by atoms with Gasteiger partial charge >= 0.3 is 5.97 Å². The highest BCUT2D eigenvalue weighted by atomic mass is 16.4. The Kier molecular flexibility index (Phi) is 4.70. The lowest BCUT2D eigenvalue weighted by molar-refractivity contribution is -0.134. The maximum absolute atomic E-state index is 12.3. The van der Waals surface area contributed by atoms with E-state index in [1.54, 1.807) is 12.3 Å². The summed E-state index contributed by atoms with van der Waals surface area (Å²) in [7, 11) is 0. The highest BCUT2D eigenvalue weighted by Crippen LogP contribution is 2.37. The number of likely N-dealkylation sites (tertiary alicyclic amines) is 1. The second kappa shape index (κ2) is 6.33. The molecular weight excluding hydrogens is 268 g/mol. The lowest BCUT2D eigenvalue weighted by Crippen LogP contribution is -2.44. The monoisotopic (exact) mass is 292 g/mol. The second-order valence-electron chi connectivity index (χ2n) is 5.91. The van der Waals surface area contributed by atoms with Crippen molar-refractivity contribution in [2.45, 2.75) is 46.1 Å². The Morgan fingerprint density at radius 1 is 1.24 bits per heavy atom. The maximum Gasteiger partial charge on any atom is 0.352 e. The molecule has 1 aromatic rings. The molecule has 5 heteroatoms. The van der Waals surface area contributed by atoms with Gasteiger partial charge < -0.3 is 14.6 Å². The first kappa shape index (κ1) is 15.6. The molecule has 1 aliphatic rings. The minimum atomic E-state index is -0.998. The lowest BCUT2D eigenvalue weighted by Gasteiger charge is -2.41. The summed E-state index contributed by atoms with van der Waals surface area (Å²) < 4.78 is 1.51. The van der Waals surface area contributed by atoms with Crippen molar-refractivity contribution >= 4 is 11.9 Å². The zero-order valence-corrected chi connectivity index (χ0v) is 12.8. The molecule has 1 N–H and O–H groups in total. The zero-order chi connectivity index (χ0) is 15.5. The van der Waals surface area contributed by atoms with E-state index in [0.717, 1.165) is 38.8 Å². The van der Waals surface area contributed by atoms with Crippen LogP contribution < -0.4 is 0 Å². The second-order valence-corrected chi connectivity index (χ2v) is 5.91. The van der Waals surface area contributed by atoms with E-state index in [2.05, 4.69) is 13.8 Å². The highest BCUT2D eigenvalue weighted by Gasteiger charge is 2.32. The van der Waals surface area contributed by atoms with Crippen LogP contribution in [0, 0.1) is 5.41 Å². The molecule has 0 radical (unpaired) electrons. The third-order valence-electron chi connectivity index (χ3n) is 5.03. The SMILES string of the molecule is CCC1(CC)CCN(C(=O)Cn2cccc2C(=O)O)CC1. The van der Waals surface area contributed by atoms with Crippen LogP contribution in [0.1, 0.15) is 50.0 Å². The van der Waals surface area contributed by atoms with Gasteiger partial charge in [0.25, 0.3) is 0 Å². The van der Waals surface area contributed by atoms with Crippen molar-refractivity contribution in [1.29, 1.82) is 0 Å². The van der Waals surface area contributed by atoms with Crippen LogP contribution in [0.25, 0.3) is 0 Å². The van der Waals surface area contributed by atoms with E-state index >= 15 is 0 Å². The normalized spacial score (nSPS) is 17.7. The fraction of sp³-hybridized carbons (Fsp3) is 0.625. The molecule has 0 aromatic carbocycles. The average Bonchev–Trinajstić information content (AvgIpc) is 2.95. The fourth-order valence-electron chi connectivity index (χ4n) is 3.18. The van der Waals surface area contributed by atoms with Gasteiger partial charge in [0.15, 0.2) is 0 Å². The van der Waals surface area contributed by atoms with Crippen LogP contribution in [0.3, 0.4) is 0 Å². The van der Waals surface area contributed by atoms with E-state index in [4.69, 9.17) is 5.11 Å². The van der Waals surface area contributed by atoms with E-state index in [-0.39, 0.29) is 18.1 Å². The molecule has 21 heavy (non-hydrogen) atoms. The van der Waals surface area contributed by atoms with E-state index in [0.29, 0.717) is 5.41 Å². The number of carbonyl (C=O) groups excluding carboxylic acids is 1. The van der Waals surface area contributed by atoms with Crippen molar-refractivity contribution in [3.05, 3.63) is 24.0 Å². The molecule has 1 aliphatic heterocycles. The zero-order valence-electron chi connectivity index (χ0n) is 12.8. The summed E-state index contributed by atoms with van der Waals surface area (Å²) in [5.41, 5.74) is 0.549. The largest absolute Gasteiger partial charge is 0.477 e. The number of carbonyl (C=O) groups is 2. The van der Waals surface area contributed by atoms with Crippen molar-refractivity contribution in [2.24, 2.45) is 5.41 Å². The van der Waals surface area contributed by atoms with E-state index in [1.165, 1.54) is 10.6 Å². The molecule has 0 bridgehead atoms. The minimum Gasteiger partial charge on any atom is -0.477 e. The molecule has 1 aromatic heterocycles. The molecule has 0 aliphatic carbocycles. The van der Waals surface area contributed by atoms with Crippen LogP contribution in [-0.4, -0.2) is 39.5 Å². The number of amides is 1. The third kappa shape index (κ3) is 3.28. The van der Waals surface area contributed by atoms with Crippen LogP contribution in [0.5, 0.6) is 0 Å². The summed E-state index contributed by atoms with van der Waals surface area (Å²) in [5.74, 6) is -0.989. The number of carboxylic acid groups (broad SMARTS) is 1. The van der Waals surface area contributed by atoms with Gasteiger partial charge in [0.05, 0.1) is 0 Å². The topological polar surface area (TPSA) is 62.5 Å². The molecule has 5 nitrogen and oxygen atoms in total. The Morgan fingerprint density at radius 2 is 1.86 bits per heavy atom. The Balaban J connectivity index is 1.96.